The summed E-state index contributed by atoms with van der Waals surface area (Å²) in [6.45, 7) is 3.45. The van der Waals surface area contributed by atoms with Gasteiger partial charge in [0.15, 0.2) is 6.10 Å². The summed E-state index contributed by atoms with van der Waals surface area (Å²) in [6.07, 6.45) is 30.8. The Kier molecular flexibility index (Phi) is 32.4. The van der Waals surface area contributed by atoms with Crippen molar-refractivity contribution < 1.29 is 42.7 Å². The van der Waals surface area contributed by atoms with Gasteiger partial charge in [0.2, 0.25) is 0 Å². The minimum Gasteiger partial charge on any atom is -0.462 e. The van der Waals surface area contributed by atoms with Gasteiger partial charge >= 0.3 is 19.8 Å². The van der Waals surface area contributed by atoms with Gasteiger partial charge < -0.3 is 25.2 Å². The minimum absolute atomic E-state index is 0.0426. The van der Waals surface area contributed by atoms with E-state index in [2.05, 4.69) is 19.9 Å². The SMILES string of the molecule is CC/C=C/CC(O)/C=C/C=C/CCCCCCCC(=O)OC[C@H](COP(=O)(O)OCCN)OC(=O)CCCCCCCCCCCCC. The molecule has 48 heavy (non-hydrogen) atoms. The van der Waals surface area contributed by atoms with Gasteiger partial charge in [-0.1, -0.05) is 134 Å². The number of esters is 2. The molecule has 0 radical (unpaired) electrons. The third kappa shape index (κ3) is 32.7. The van der Waals surface area contributed by atoms with Gasteiger partial charge in [-0.05, 0) is 38.5 Å². The first-order chi connectivity index (χ1) is 23.2. The average Bonchev–Trinajstić information content (AvgIpc) is 3.06. The molecule has 0 saturated heterocycles. The van der Waals surface area contributed by atoms with Gasteiger partial charge in [0.25, 0.3) is 0 Å². The number of hydrogen-bond acceptors (Lipinski definition) is 9. The summed E-state index contributed by atoms with van der Waals surface area (Å²) in [5, 5.41) is 9.84. The highest BCUT2D eigenvalue weighted by Crippen LogP contribution is 2.43. The Hall–Kier alpha value is -1.81. The Morgan fingerprint density at radius 1 is 0.729 bits per heavy atom. The van der Waals surface area contributed by atoms with Crippen molar-refractivity contribution in [2.24, 2.45) is 5.73 Å². The largest absolute Gasteiger partial charge is 0.472 e. The van der Waals surface area contributed by atoms with Crippen LogP contribution >= 0.6 is 7.82 Å². The molecule has 0 aliphatic rings. The van der Waals surface area contributed by atoms with Crippen LogP contribution in [0.5, 0.6) is 0 Å². The van der Waals surface area contributed by atoms with Crippen LogP contribution in [-0.4, -0.2) is 60.5 Å². The van der Waals surface area contributed by atoms with Crippen molar-refractivity contribution in [3.63, 3.8) is 0 Å². The second-order valence-corrected chi connectivity index (χ2v) is 13.7. The van der Waals surface area contributed by atoms with Crippen LogP contribution in [-0.2, 0) is 32.7 Å². The molecule has 0 bridgehead atoms. The van der Waals surface area contributed by atoms with Crippen LogP contribution in [0.2, 0.25) is 0 Å². The highest BCUT2D eigenvalue weighted by Gasteiger charge is 2.25. The van der Waals surface area contributed by atoms with Gasteiger partial charge in [-0.3, -0.25) is 18.6 Å². The quantitative estimate of drug-likeness (QED) is 0.0195. The fraction of sp³-hybridized carbons (Fsp3) is 0.784. The van der Waals surface area contributed by atoms with E-state index >= 15 is 0 Å². The summed E-state index contributed by atoms with van der Waals surface area (Å²) in [5.41, 5.74) is 5.32. The van der Waals surface area contributed by atoms with Crippen LogP contribution in [0.4, 0.5) is 0 Å². The molecule has 280 valence electrons. The van der Waals surface area contributed by atoms with Crippen LogP contribution in [0.15, 0.2) is 36.5 Å². The second kappa shape index (κ2) is 33.7. The maximum Gasteiger partial charge on any atom is 0.472 e. The number of rotatable bonds is 34. The summed E-state index contributed by atoms with van der Waals surface area (Å²) in [4.78, 5) is 34.6. The lowest BCUT2D eigenvalue weighted by molar-refractivity contribution is -0.161. The zero-order chi connectivity index (χ0) is 35.6. The molecule has 0 saturated carbocycles. The Morgan fingerprint density at radius 2 is 1.31 bits per heavy atom. The monoisotopic (exact) mass is 701 g/mol. The fourth-order valence-electron chi connectivity index (χ4n) is 4.85. The molecule has 0 aromatic rings. The Bertz CT molecular complexity index is 909. The van der Waals surface area contributed by atoms with E-state index in [4.69, 9.17) is 24.3 Å². The van der Waals surface area contributed by atoms with Gasteiger partial charge in [-0.15, -0.1) is 0 Å². The summed E-state index contributed by atoms with van der Waals surface area (Å²) in [7, 11) is -4.38. The number of phosphoric acid groups is 1. The lowest BCUT2D eigenvalue weighted by Crippen LogP contribution is -2.29. The molecule has 11 heteroatoms. The Labute approximate surface area is 291 Å². The van der Waals surface area contributed by atoms with E-state index < -0.39 is 38.6 Å². The molecular weight excluding hydrogens is 633 g/mol. The number of aliphatic hydroxyl groups excluding tert-OH is 1. The van der Waals surface area contributed by atoms with Gasteiger partial charge in [-0.2, -0.15) is 0 Å². The van der Waals surface area contributed by atoms with Crippen LogP contribution < -0.4 is 5.73 Å². The molecule has 0 rings (SSSR count). The molecule has 0 aliphatic heterocycles. The number of unbranched alkanes of at least 4 members (excludes halogenated alkanes) is 15. The number of carbonyl (C=O) groups is 2. The zero-order valence-corrected chi connectivity index (χ0v) is 31.0. The van der Waals surface area contributed by atoms with E-state index in [1.165, 1.54) is 44.9 Å². The van der Waals surface area contributed by atoms with Crippen molar-refractivity contribution in [3.05, 3.63) is 36.5 Å². The molecular formula is C37H68NO9P. The predicted octanol–water partition coefficient (Wildman–Crippen LogP) is 8.80. The molecule has 0 amide bonds. The molecule has 0 aromatic heterocycles. The molecule has 3 atom stereocenters. The first kappa shape index (κ1) is 46.2. The number of ether oxygens (including phenoxy) is 2. The predicted molar refractivity (Wildman–Crippen MR) is 193 cm³/mol. The van der Waals surface area contributed by atoms with E-state index in [0.717, 1.165) is 57.8 Å². The van der Waals surface area contributed by atoms with Crippen molar-refractivity contribution in [3.8, 4) is 0 Å². The van der Waals surface area contributed by atoms with Crippen LogP contribution in [0.1, 0.15) is 149 Å². The third-order valence-electron chi connectivity index (χ3n) is 7.62. The number of allylic oxidation sites excluding steroid dienone is 4. The van der Waals surface area contributed by atoms with E-state index in [9.17, 15) is 24.2 Å². The normalized spacial score (nSPS) is 14.5. The van der Waals surface area contributed by atoms with Crippen LogP contribution in [0.3, 0.4) is 0 Å². The van der Waals surface area contributed by atoms with Crippen molar-refractivity contribution >= 4 is 19.8 Å². The smallest absolute Gasteiger partial charge is 0.462 e. The van der Waals surface area contributed by atoms with E-state index in [0.29, 0.717) is 19.3 Å². The van der Waals surface area contributed by atoms with Gasteiger partial charge in [0, 0.05) is 19.4 Å². The molecule has 0 aliphatic carbocycles. The van der Waals surface area contributed by atoms with Gasteiger partial charge in [-0.25, -0.2) is 4.57 Å². The molecule has 0 spiro atoms. The lowest BCUT2D eigenvalue weighted by atomic mass is 10.1. The van der Waals surface area contributed by atoms with Gasteiger partial charge in [0.1, 0.15) is 6.61 Å². The summed E-state index contributed by atoms with van der Waals surface area (Å²) in [5.74, 6) is -0.885. The molecule has 10 nitrogen and oxygen atoms in total. The highest BCUT2D eigenvalue weighted by atomic mass is 31.2. The van der Waals surface area contributed by atoms with Crippen molar-refractivity contribution in [1.82, 2.24) is 0 Å². The van der Waals surface area contributed by atoms with Crippen molar-refractivity contribution in [2.45, 2.75) is 161 Å². The van der Waals surface area contributed by atoms with E-state index in [-0.39, 0.29) is 32.6 Å². The average molecular weight is 702 g/mol. The first-order valence-corrected chi connectivity index (χ1v) is 20.1. The summed E-state index contributed by atoms with van der Waals surface area (Å²) in [6, 6.07) is 0. The van der Waals surface area contributed by atoms with E-state index in [1.54, 1.807) is 6.08 Å². The maximum absolute atomic E-state index is 12.5. The zero-order valence-electron chi connectivity index (χ0n) is 30.1. The number of hydrogen-bond donors (Lipinski definition) is 3. The Balaban J connectivity index is 4.30. The molecule has 0 fully saturated rings. The standard InChI is InChI=1S/C37H68NO9P/c1-3-5-7-8-9-10-11-14-18-21-25-29-37(41)47-35(33-46-48(42,43)45-31-30-38)32-44-36(40)28-24-20-17-15-12-13-16-19-23-27-34(39)26-22-6-4-2/h6,16,19,22-23,27,34-35,39H,3-5,7-15,17-18,20-21,24-26,28-33,38H2,1-2H3,(H,42,43)/b19-16+,22-6+,27-23+/t34?,35-/m1/s1. The molecule has 0 heterocycles. The second-order valence-electron chi connectivity index (χ2n) is 12.3. The molecule has 0 aromatic carbocycles. The first-order valence-electron chi connectivity index (χ1n) is 18.6. The third-order valence-corrected chi connectivity index (χ3v) is 8.60. The lowest BCUT2D eigenvalue weighted by Gasteiger charge is -2.19. The number of nitrogens with two attached hydrogens (primary N) is 1. The van der Waals surface area contributed by atoms with Gasteiger partial charge in [0.05, 0.1) is 19.3 Å². The summed E-state index contributed by atoms with van der Waals surface area (Å²) < 4.78 is 32.5. The number of carbonyl (C=O) groups excluding carboxylic acids is 2. The topological polar surface area (TPSA) is 155 Å². The minimum atomic E-state index is -4.38. The molecule has 4 N–H and O–H groups in total. The highest BCUT2D eigenvalue weighted by molar-refractivity contribution is 7.47. The van der Waals surface area contributed by atoms with Crippen LogP contribution in [0.25, 0.3) is 0 Å². The molecule has 2 unspecified atom stereocenters. The van der Waals surface area contributed by atoms with Crippen LogP contribution in [0, 0.1) is 0 Å². The van der Waals surface area contributed by atoms with Crippen molar-refractivity contribution in [2.75, 3.05) is 26.4 Å². The van der Waals surface area contributed by atoms with E-state index in [1.807, 2.05) is 24.3 Å². The number of aliphatic hydroxyl groups is 1. The fourth-order valence-corrected chi connectivity index (χ4v) is 5.61. The maximum atomic E-state index is 12.5. The Morgan fingerprint density at radius 3 is 1.92 bits per heavy atom. The summed E-state index contributed by atoms with van der Waals surface area (Å²) >= 11 is 0. The number of phosphoric ester groups is 1. The van der Waals surface area contributed by atoms with Crippen molar-refractivity contribution in [1.29, 1.82) is 0 Å².